The van der Waals surface area contributed by atoms with Gasteiger partial charge in [0.1, 0.15) is 6.33 Å². The fourth-order valence-electron chi connectivity index (χ4n) is 2.11. The number of hydrogen-bond donors (Lipinski definition) is 1. The monoisotopic (exact) mass is 275 g/mol. The third-order valence-corrected chi connectivity index (χ3v) is 3.26. The number of benzene rings is 1. The molecule has 1 aromatic carbocycles. The summed E-state index contributed by atoms with van der Waals surface area (Å²) < 4.78 is 1.57. The predicted octanol–water partition coefficient (Wildman–Crippen LogP) is 1.13. The van der Waals surface area contributed by atoms with Gasteiger partial charge in [-0.15, -0.1) is 5.10 Å². The second-order valence-corrected chi connectivity index (χ2v) is 4.48. The molecule has 1 unspecified atom stereocenters. The molecule has 7 nitrogen and oxygen atoms in total. The first-order valence-electron chi connectivity index (χ1n) is 6.41. The van der Waals surface area contributed by atoms with Crippen LogP contribution in [0.15, 0.2) is 30.6 Å². The normalized spacial score (nSPS) is 12.6. The van der Waals surface area contributed by atoms with Crippen LogP contribution < -0.4 is 0 Å². The maximum atomic E-state index is 10.9. The standard InChI is InChI=1S/C13H17N5O2/c1-3-17(8-13(19)20)10(2)11-5-4-6-12(7-11)18-9-14-15-16-18/h4-7,9-10H,3,8H2,1-2H3,(H,19,20). The van der Waals surface area contributed by atoms with Gasteiger partial charge >= 0.3 is 5.97 Å². The van der Waals surface area contributed by atoms with E-state index in [1.807, 2.05) is 43.0 Å². The van der Waals surface area contributed by atoms with Gasteiger partial charge in [0.05, 0.1) is 12.2 Å². The average molecular weight is 275 g/mol. The van der Waals surface area contributed by atoms with E-state index < -0.39 is 5.97 Å². The summed E-state index contributed by atoms with van der Waals surface area (Å²) in [6, 6.07) is 7.76. The van der Waals surface area contributed by atoms with Crippen LogP contribution in [0.5, 0.6) is 0 Å². The van der Waals surface area contributed by atoms with Gasteiger partial charge in [0, 0.05) is 6.04 Å². The minimum atomic E-state index is -0.824. The summed E-state index contributed by atoms with van der Waals surface area (Å²) in [5.74, 6) is -0.824. The second-order valence-electron chi connectivity index (χ2n) is 4.48. The Morgan fingerprint density at radius 1 is 1.50 bits per heavy atom. The van der Waals surface area contributed by atoms with Crippen molar-refractivity contribution in [2.24, 2.45) is 0 Å². The summed E-state index contributed by atoms with van der Waals surface area (Å²) >= 11 is 0. The molecule has 0 aliphatic heterocycles. The van der Waals surface area contributed by atoms with Crippen molar-refractivity contribution in [3.63, 3.8) is 0 Å². The Morgan fingerprint density at radius 3 is 2.90 bits per heavy atom. The SMILES string of the molecule is CCN(CC(=O)O)C(C)c1cccc(-n2cnnn2)c1. The maximum Gasteiger partial charge on any atom is 0.317 e. The quantitative estimate of drug-likeness (QED) is 0.850. The van der Waals surface area contributed by atoms with Gasteiger partial charge in [-0.2, -0.15) is 0 Å². The number of carboxylic acids is 1. The molecule has 0 aliphatic carbocycles. The fraction of sp³-hybridized carbons (Fsp3) is 0.385. The summed E-state index contributed by atoms with van der Waals surface area (Å²) in [6.45, 7) is 4.63. The number of nitrogens with zero attached hydrogens (tertiary/aromatic N) is 5. The van der Waals surface area contributed by atoms with Gasteiger partial charge in [-0.1, -0.05) is 19.1 Å². The van der Waals surface area contributed by atoms with Crippen LogP contribution in [0.2, 0.25) is 0 Å². The summed E-state index contributed by atoms with van der Waals surface area (Å²) in [4.78, 5) is 12.8. The number of carbonyl (C=O) groups is 1. The number of tetrazole rings is 1. The molecular weight excluding hydrogens is 258 g/mol. The highest BCUT2D eigenvalue weighted by Gasteiger charge is 2.17. The van der Waals surface area contributed by atoms with E-state index >= 15 is 0 Å². The first kappa shape index (κ1) is 14.1. The van der Waals surface area contributed by atoms with E-state index in [1.54, 1.807) is 4.68 Å². The Kier molecular flexibility index (Phi) is 4.41. The first-order chi connectivity index (χ1) is 9.61. The number of aromatic nitrogens is 4. The topological polar surface area (TPSA) is 84.1 Å². The molecule has 20 heavy (non-hydrogen) atoms. The minimum Gasteiger partial charge on any atom is -0.480 e. The molecule has 0 fully saturated rings. The average Bonchev–Trinajstić information content (AvgIpc) is 2.98. The van der Waals surface area contributed by atoms with E-state index in [0.29, 0.717) is 6.54 Å². The van der Waals surface area contributed by atoms with Crippen LogP contribution in [0.25, 0.3) is 5.69 Å². The molecule has 0 aliphatic rings. The van der Waals surface area contributed by atoms with E-state index in [-0.39, 0.29) is 12.6 Å². The van der Waals surface area contributed by atoms with Crippen LogP contribution in [0, 0.1) is 0 Å². The highest BCUT2D eigenvalue weighted by molar-refractivity contribution is 5.69. The fourth-order valence-corrected chi connectivity index (χ4v) is 2.11. The third-order valence-electron chi connectivity index (χ3n) is 3.26. The summed E-state index contributed by atoms with van der Waals surface area (Å²) in [5.41, 5.74) is 1.88. The molecule has 0 bridgehead atoms. The third kappa shape index (κ3) is 3.18. The van der Waals surface area contributed by atoms with E-state index in [9.17, 15) is 4.79 Å². The lowest BCUT2D eigenvalue weighted by atomic mass is 10.1. The Morgan fingerprint density at radius 2 is 2.30 bits per heavy atom. The molecule has 0 spiro atoms. The van der Waals surface area contributed by atoms with Crippen LogP contribution in [-0.2, 0) is 4.79 Å². The number of hydrogen-bond acceptors (Lipinski definition) is 5. The van der Waals surface area contributed by atoms with Crippen molar-refractivity contribution in [2.45, 2.75) is 19.9 Å². The Bertz CT molecular complexity index is 570. The molecule has 106 valence electrons. The van der Waals surface area contributed by atoms with Gasteiger partial charge in [0.25, 0.3) is 0 Å². The number of carboxylic acid groups (broad SMARTS) is 1. The number of likely N-dealkylation sites (N-methyl/N-ethyl adjacent to an activating group) is 1. The van der Waals surface area contributed by atoms with Crippen molar-refractivity contribution in [1.82, 2.24) is 25.1 Å². The van der Waals surface area contributed by atoms with Crippen molar-refractivity contribution in [3.8, 4) is 5.69 Å². The van der Waals surface area contributed by atoms with Crippen molar-refractivity contribution < 1.29 is 9.90 Å². The van der Waals surface area contributed by atoms with Gasteiger partial charge in [0.15, 0.2) is 0 Å². The van der Waals surface area contributed by atoms with E-state index in [0.717, 1.165) is 11.3 Å². The number of rotatable bonds is 6. The predicted molar refractivity (Wildman–Crippen MR) is 72.5 cm³/mol. The highest BCUT2D eigenvalue weighted by atomic mass is 16.4. The highest BCUT2D eigenvalue weighted by Crippen LogP contribution is 2.21. The molecule has 0 saturated carbocycles. The lowest BCUT2D eigenvalue weighted by molar-refractivity contribution is -0.138. The molecule has 2 aromatic rings. The van der Waals surface area contributed by atoms with Crippen LogP contribution in [-0.4, -0.2) is 49.3 Å². The minimum absolute atomic E-state index is 0.00697. The molecule has 1 N–H and O–H groups in total. The summed E-state index contributed by atoms with van der Waals surface area (Å²) in [6.07, 6.45) is 1.53. The van der Waals surface area contributed by atoms with Gasteiger partial charge < -0.3 is 5.11 Å². The largest absolute Gasteiger partial charge is 0.480 e. The van der Waals surface area contributed by atoms with E-state index in [1.165, 1.54) is 6.33 Å². The second kappa shape index (κ2) is 6.25. The van der Waals surface area contributed by atoms with Crippen LogP contribution in [0.3, 0.4) is 0 Å². The lowest BCUT2D eigenvalue weighted by Gasteiger charge is -2.26. The number of aliphatic carboxylic acids is 1. The van der Waals surface area contributed by atoms with Crippen LogP contribution in [0.4, 0.5) is 0 Å². The van der Waals surface area contributed by atoms with E-state index in [4.69, 9.17) is 5.11 Å². The van der Waals surface area contributed by atoms with Gasteiger partial charge in [-0.25, -0.2) is 4.68 Å². The van der Waals surface area contributed by atoms with Gasteiger partial charge in [0.2, 0.25) is 0 Å². The molecule has 1 atom stereocenters. The molecule has 0 saturated heterocycles. The van der Waals surface area contributed by atoms with E-state index in [2.05, 4.69) is 15.5 Å². The molecule has 1 aromatic heterocycles. The Labute approximate surface area is 116 Å². The summed E-state index contributed by atoms with van der Waals surface area (Å²) in [7, 11) is 0. The Hall–Kier alpha value is -2.28. The van der Waals surface area contributed by atoms with Crippen LogP contribution >= 0.6 is 0 Å². The molecule has 1 heterocycles. The Balaban J connectivity index is 2.23. The zero-order chi connectivity index (χ0) is 14.5. The van der Waals surface area contributed by atoms with Crippen molar-refractivity contribution in [1.29, 1.82) is 0 Å². The molecule has 0 amide bonds. The van der Waals surface area contributed by atoms with Crippen molar-refractivity contribution in [2.75, 3.05) is 13.1 Å². The lowest BCUT2D eigenvalue weighted by Crippen LogP contribution is -2.32. The molecule has 0 radical (unpaired) electrons. The van der Waals surface area contributed by atoms with Crippen molar-refractivity contribution >= 4 is 5.97 Å². The van der Waals surface area contributed by atoms with Gasteiger partial charge in [-0.3, -0.25) is 9.69 Å². The zero-order valence-corrected chi connectivity index (χ0v) is 11.5. The molecule has 7 heteroatoms. The van der Waals surface area contributed by atoms with Crippen molar-refractivity contribution in [3.05, 3.63) is 36.2 Å². The zero-order valence-electron chi connectivity index (χ0n) is 11.5. The first-order valence-corrected chi connectivity index (χ1v) is 6.41. The van der Waals surface area contributed by atoms with Crippen LogP contribution in [0.1, 0.15) is 25.5 Å². The van der Waals surface area contributed by atoms with Gasteiger partial charge in [-0.05, 0) is 41.6 Å². The summed E-state index contributed by atoms with van der Waals surface area (Å²) in [5, 5.41) is 20.0. The molecule has 2 rings (SSSR count). The molecular formula is C13H17N5O2. The maximum absolute atomic E-state index is 10.9. The smallest absolute Gasteiger partial charge is 0.317 e.